The highest BCUT2D eigenvalue weighted by atomic mass is 16.6. The number of aryl methyl sites for hydroxylation is 1. The van der Waals surface area contributed by atoms with Gasteiger partial charge >= 0.3 is 5.69 Å². The summed E-state index contributed by atoms with van der Waals surface area (Å²) >= 11 is 0. The van der Waals surface area contributed by atoms with Gasteiger partial charge in [-0.05, 0) is 19.4 Å². The molecule has 0 amide bonds. The molecule has 1 aromatic rings. The van der Waals surface area contributed by atoms with E-state index >= 15 is 0 Å². The molecule has 0 aliphatic heterocycles. The van der Waals surface area contributed by atoms with E-state index in [-0.39, 0.29) is 5.69 Å². The summed E-state index contributed by atoms with van der Waals surface area (Å²) in [6.07, 6.45) is 0.807. The molecule has 0 aromatic heterocycles. The molecule has 0 bridgehead atoms. The van der Waals surface area contributed by atoms with Gasteiger partial charge in [-0.2, -0.15) is 0 Å². The molecule has 82 valence electrons. The molecule has 15 heavy (non-hydrogen) atoms. The predicted molar refractivity (Wildman–Crippen MR) is 58.0 cm³/mol. The van der Waals surface area contributed by atoms with E-state index in [0.717, 1.165) is 6.42 Å². The Hall–Kier alpha value is -1.78. The van der Waals surface area contributed by atoms with E-state index in [1.54, 1.807) is 13.0 Å². The molecular formula is C10H14N2O3. The van der Waals surface area contributed by atoms with E-state index in [2.05, 4.69) is 0 Å². The summed E-state index contributed by atoms with van der Waals surface area (Å²) in [5.74, 6) is 0.316. The molecule has 1 rings (SSSR count). The third-order valence-electron chi connectivity index (χ3n) is 1.92. The zero-order valence-electron chi connectivity index (χ0n) is 8.82. The van der Waals surface area contributed by atoms with Crippen LogP contribution < -0.4 is 10.5 Å². The largest absolute Gasteiger partial charge is 0.487 e. The summed E-state index contributed by atoms with van der Waals surface area (Å²) in [4.78, 5) is 10.3. The van der Waals surface area contributed by atoms with Crippen LogP contribution in [-0.2, 0) is 0 Å². The lowest BCUT2D eigenvalue weighted by Crippen LogP contribution is -2.02. The van der Waals surface area contributed by atoms with Crippen LogP contribution in [0.2, 0.25) is 0 Å². The highest BCUT2D eigenvalue weighted by Crippen LogP contribution is 2.33. The predicted octanol–water partition coefficient (Wildman–Crippen LogP) is 2.27. The van der Waals surface area contributed by atoms with E-state index in [1.165, 1.54) is 6.07 Å². The Labute approximate surface area is 88.0 Å². The first kappa shape index (κ1) is 11.3. The first-order chi connectivity index (χ1) is 7.06. The van der Waals surface area contributed by atoms with Gasteiger partial charge in [-0.3, -0.25) is 10.1 Å². The van der Waals surface area contributed by atoms with Gasteiger partial charge in [0.1, 0.15) is 0 Å². The molecule has 0 saturated carbocycles. The minimum Gasteiger partial charge on any atom is -0.487 e. The summed E-state index contributed by atoms with van der Waals surface area (Å²) < 4.78 is 5.34. The highest BCUT2D eigenvalue weighted by Gasteiger charge is 2.18. The fourth-order valence-corrected chi connectivity index (χ4v) is 1.31. The second-order valence-corrected chi connectivity index (χ2v) is 3.29. The van der Waals surface area contributed by atoms with Crippen molar-refractivity contribution < 1.29 is 9.66 Å². The van der Waals surface area contributed by atoms with E-state index < -0.39 is 4.92 Å². The van der Waals surface area contributed by atoms with Crippen molar-refractivity contribution in [2.24, 2.45) is 0 Å². The number of rotatable bonds is 4. The van der Waals surface area contributed by atoms with Gasteiger partial charge in [0.2, 0.25) is 0 Å². The van der Waals surface area contributed by atoms with Gasteiger partial charge in [0.15, 0.2) is 5.75 Å². The average Bonchev–Trinajstić information content (AvgIpc) is 2.15. The highest BCUT2D eigenvalue weighted by molar-refractivity contribution is 5.60. The van der Waals surface area contributed by atoms with E-state index in [9.17, 15) is 10.1 Å². The Bertz CT molecular complexity index is 377. The van der Waals surface area contributed by atoms with Crippen molar-refractivity contribution in [3.05, 3.63) is 27.8 Å². The van der Waals surface area contributed by atoms with Crippen LogP contribution in [0.4, 0.5) is 11.4 Å². The summed E-state index contributed by atoms with van der Waals surface area (Å²) in [6, 6.07) is 2.98. The van der Waals surface area contributed by atoms with Crippen LogP contribution >= 0.6 is 0 Å². The minimum absolute atomic E-state index is 0.0686. The van der Waals surface area contributed by atoms with E-state index in [1.807, 2.05) is 6.92 Å². The zero-order chi connectivity index (χ0) is 11.4. The van der Waals surface area contributed by atoms with Crippen LogP contribution in [0.5, 0.6) is 5.75 Å². The summed E-state index contributed by atoms with van der Waals surface area (Å²) in [6.45, 7) is 4.15. The van der Waals surface area contributed by atoms with Gasteiger partial charge in [-0.1, -0.05) is 6.92 Å². The lowest BCUT2D eigenvalue weighted by molar-refractivity contribution is -0.385. The van der Waals surface area contributed by atoms with Crippen molar-refractivity contribution in [2.75, 3.05) is 12.3 Å². The molecule has 0 aliphatic rings. The van der Waals surface area contributed by atoms with Crippen molar-refractivity contribution in [1.82, 2.24) is 0 Å². The summed E-state index contributed by atoms with van der Waals surface area (Å²) in [5.41, 5.74) is 6.53. The van der Waals surface area contributed by atoms with Crippen molar-refractivity contribution in [2.45, 2.75) is 20.3 Å². The number of ether oxygens (including phenoxy) is 1. The quantitative estimate of drug-likeness (QED) is 0.469. The van der Waals surface area contributed by atoms with Gasteiger partial charge < -0.3 is 10.5 Å². The lowest BCUT2D eigenvalue weighted by atomic mass is 10.1. The zero-order valence-corrected chi connectivity index (χ0v) is 8.82. The molecule has 0 spiro atoms. The molecule has 5 heteroatoms. The van der Waals surface area contributed by atoms with Crippen LogP contribution in [-0.4, -0.2) is 11.5 Å². The number of nitrogen functional groups attached to an aromatic ring is 1. The fraction of sp³-hybridized carbons (Fsp3) is 0.400. The van der Waals surface area contributed by atoms with Crippen molar-refractivity contribution in [1.29, 1.82) is 0 Å². The standard InChI is InChI=1S/C10H14N2O3/c1-3-4-15-10-7(2)5-8(11)6-9(10)12(13)14/h5-6H,3-4,11H2,1-2H3. The Morgan fingerprint density at radius 3 is 2.73 bits per heavy atom. The molecule has 1 aromatic carbocycles. The minimum atomic E-state index is -0.478. The van der Waals surface area contributed by atoms with Gasteiger partial charge in [-0.25, -0.2) is 0 Å². The van der Waals surface area contributed by atoms with Gasteiger partial charge in [-0.15, -0.1) is 0 Å². The van der Waals surface area contributed by atoms with Crippen LogP contribution in [0.25, 0.3) is 0 Å². The van der Waals surface area contributed by atoms with Crippen LogP contribution in [0, 0.1) is 17.0 Å². The Balaban J connectivity index is 3.15. The third kappa shape index (κ3) is 2.59. The second-order valence-electron chi connectivity index (χ2n) is 3.29. The van der Waals surface area contributed by atoms with Gasteiger partial charge in [0, 0.05) is 17.3 Å². The van der Waals surface area contributed by atoms with Crippen molar-refractivity contribution >= 4 is 11.4 Å². The maximum absolute atomic E-state index is 10.8. The topological polar surface area (TPSA) is 78.4 Å². The Kier molecular flexibility index (Phi) is 3.49. The van der Waals surface area contributed by atoms with Crippen LogP contribution in [0.15, 0.2) is 12.1 Å². The number of nitrogens with zero attached hydrogens (tertiary/aromatic N) is 1. The number of anilines is 1. The molecule has 0 unspecified atom stereocenters. The van der Waals surface area contributed by atoms with Crippen molar-refractivity contribution in [3.63, 3.8) is 0 Å². The molecule has 0 heterocycles. The number of nitro groups is 1. The first-order valence-electron chi connectivity index (χ1n) is 4.73. The monoisotopic (exact) mass is 210 g/mol. The molecule has 0 aliphatic carbocycles. The van der Waals surface area contributed by atoms with Crippen LogP contribution in [0.3, 0.4) is 0 Å². The maximum Gasteiger partial charge on any atom is 0.313 e. The third-order valence-corrected chi connectivity index (χ3v) is 1.92. The summed E-state index contributed by atoms with van der Waals surface area (Å²) in [7, 11) is 0. The van der Waals surface area contributed by atoms with E-state index in [0.29, 0.717) is 23.6 Å². The SMILES string of the molecule is CCCOc1c(C)cc(N)cc1[N+](=O)[O-]. The number of hydrogen-bond acceptors (Lipinski definition) is 4. The molecular weight excluding hydrogens is 196 g/mol. The number of hydrogen-bond donors (Lipinski definition) is 1. The molecule has 0 saturated heterocycles. The summed E-state index contributed by atoms with van der Waals surface area (Å²) in [5, 5.41) is 10.8. The molecule has 0 fully saturated rings. The Morgan fingerprint density at radius 2 is 2.20 bits per heavy atom. The second kappa shape index (κ2) is 4.63. The van der Waals surface area contributed by atoms with Crippen molar-refractivity contribution in [3.8, 4) is 5.75 Å². The molecule has 0 radical (unpaired) electrons. The number of nitro benzene ring substituents is 1. The molecule has 0 atom stereocenters. The molecule has 5 nitrogen and oxygen atoms in total. The number of benzene rings is 1. The fourth-order valence-electron chi connectivity index (χ4n) is 1.31. The lowest BCUT2D eigenvalue weighted by Gasteiger charge is -2.09. The smallest absolute Gasteiger partial charge is 0.313 e. The Morgan fingerprint density at radius 1 is 1.53 bits per heavy atom. The van der Waals surface area contributed by atoms with Gasteiger partial charge in [0.25, 0.3) is 0 Å². The normalized spacial score (nSPS) is 10.0. The maximum atomic E-state index is 10.8. The average molecular weight is 210 g/mol. The number of nitrogens with two attached hydrogens (primary N) is 1. The van der Waals surface area contributed by atoms with Crippen LogP contribution in [0.1, 0.15) is 18.9 Å². The molecule has 2 N–H and O–H groups in total. The first-order valence-corrected chi connectivity index (χ1v) is 4.73. The van der Waals surface area contributed by atoms with E-state index in [4.69, 9.17) is 10.5 Å². The van der Waals surface area contributed by atoms with Gasteiger partial charge in [0.05, 0.1) is 11.5 Å².